The van der Waals surface area contributed by atoms with Crippen molar-refractivity contribution in [3.05, 3.63) is 52.3 Å². The summed E-state index contributed by atoms with van der Waals surface area (Å²) in [7, 11) is 1.65. The fraction of sp³-hybridized carbons (Fsp3) is 0.300. The third kappa shape index (κ3) is 3.86. The highest BCUT2D eigenvalue weighted by atomic mass is 32.2. The molecule has 2 aromatic carbocycles. The van der Waals surface area contributed by atoms with Gasteiger partial charge in [-0.15, -0.1) is 11.8 Å². The van der Waals surface area contributed by atoms with Crippen molar-refractivity contribution in [2.75, 3.05) is 13.4 Å². The minimum Gasteiger partial charge on any atom is -0.496 e. The molecule has 0 atom stereocenters. The Morgan fingerprint density at radius 3 is 2.73 bits per heavy atom. The van der Waals surface area contributed by atoms with Crippen molar-refractivity contribution < 1.29 is 9.53 Å². The van der Waals surface area contributed by atoms with Gasteiger partial charge in [0, 0.05) is 11.4 Å². The number of aryl methyl sites for hydroxylation is 2. The van der Waals surface area contributed by atoms with Crippen LogP contribution in [0, 0.1) is 6.92 Å². The van der Waals surface area contributed by atoms with Crippen LogP contribution in [0.15, 0.2) is 46.3 Å². The van der Waals surface area contributed by atoms with E-state index < -0.39 is 0 Å². The Kier molecular flexibility index (Phi) is 5.84. The number of thiazole rings is 1. The molecule has 26 heavy (non-hydrogen) atoms. The monoisotopic (exact) mass is 386 g/mol. The summed E-state index contributed by atoms with van der Waals surface area (Å²) < 4.78 is 8.53. The molecule has 0 fully saturated rings. The summed E-state index contributed by atoms with van der Waals surface area (Å²) in [6.45, 7) is 4.83. The zero-order valence-corrected chi connectivity index (χ0v) is 17.0. The average Bonchev–Trinajstić information content (AvgIpc) is 2.97. The van der Waals surface area contributed by atoms with Gasteiger partial charge in [0.2, 0.25) is 0 Å². The normalized spacial score (nSPS) is 11.9. The number of amides is 1. The van der Waals surface area contributed by atoms with E-state index in [0.717, 1.165) is 38.4 Å². The second-order valence-electron chi connectivity index (χ2n) is 5.95. The van der Waals surface area contributed by atoms with Crippen LogP contribution in [0.1, 0.15) is 18.1 Å². The van der Waals surface area contributed by atoms with E-state index in [-0.39, 0.29) is 5.91 Å². The lowest BCUT2D eigenvalue weighted by Crippen LogP contribution is -2.16. The summed E-state index contributed by atoms with van der Waals surface area (Å²) in [6, 6.07) is 12.2. The van der Waals surface area contributed by atoms with Crippen molar-refractivity contribution in [3.8, 4) is 5.75 Å². The molecule has 0 bridgehead atoms. The molecule has 1 aromatic heterocycles. The number of aromatic nitrogens is 1. The van der Waals surface area contributed by atoms with Crippen LogP contribution in [0.4, 0.5) is 0 Å². The summed E-state index contributed by atoms with van der Waals surface area (Å²) in [6.07, 6.45) is 2.35. The first-order chi connectivity index (χ1) is 12.5. The first kappa shape index (κ1) is 18.7. The van der Waals surface area contributed by atoms with Gasteiger partial charge in [-0.1, -0.05) is 23.5 Å². The quantitative estimate of drug-likeness (QED) is 0.609. The highest BCUT2D eigenvalue weighted by Gasteiger charge is 2.09. The van der Waals surface area contributed by atoms with Crippen molar-refractivity contribution in [2.24, 2.45) is 4.99 Å². The fourth-order valence-corrected chi connectivity index (χ4v) is 4.61. The van der Waals surface area contributed by atoms with Gasteiger partial charge in [-0.05, 0) is 55.5 Å². The zero-order chi connectivity index (χ0) is 18.7. The van der Waals surface area contributed by atoms with E-state index in [1.54, 1.807) is 30.2 Å². The van der Waals surface area contributed by atoms with Gasteiger partial charge in [0.25, 0.3) is 5.91 Å². The predicted octanol–water partition coefficient (Wildman–Crippen LogP) is 4.43. The Morgan fingerprint density at radius 1 is 1.27 bits per heavy atom. The topological polar surface area (TPSA) is 43.6 Å². The summed E-state index contributed by atoms with van der Waals surface area (Å²) in [4.78, 5) is 18.9. The van der Waals surface area contributed by atoms with Crippen molar-refractivity contribution >= 4 is 39.2 Å². The maximum atomic E-state index is 12.5. The van der Waals surface area contributed by atoms with Crippen LogP contribution in [0.5, 0.6) is 5.75 Å². The standard InChI is InChI=1S/C20H22N2O2S2/c1-5-22-16-8-7-15(25-4)12-18(16)26-20(22)21-19(23)11-14-6-9-17(24-3)13(2)10-14/h6-10,12H,5,11H2,1-4H3. The maximum absolute atomic E-state index is 12.5. The van der Waals surface area contributed by atoms with Crippen LogP contribution in [0.25, 0.3) is 10.2 Å². The maximum Gasteiger partial charge on any atom is 0.252 e. The number of rotatable bonds is 5. The van der Waals surface area contributed by atoms with Gasteiger partial charge in [0.1, 0.15) is 5.75 Å². The molecule has 0 saturated heterocycles. The van der Waals surface area contributed by atoms with Crippen LogP contribution in [0.3, 0.4) is 0 Å². The third-order valence-corrected chi connectivity index (χ3v) is 6.01. The van der Waals surface area contributed by atoms with Crippen molar-refractivity contribution in [2.45, 2.75) is 31.7 Å². The van der Waals surface area contributed by atoms with Gasteiger partial charge in [-0.3, -0.25) is 4.79 Å². The molecule has 0 aliphatic heterocycles. The Labute approximate surface area is 161 Å². The van der Waals surface area contributed by atoms with Crippen LogP contribution >= 0.6 is 23.1 Å². The molecular formula is C20H22N2O2S2. The van der Waals surface area contributed by atoms with Crippen molar-refractivity contribution in [1.29, 1.82) is 0 Å². The van der Waals surface area contributed by atoms with Crippen LogP contribution in [-0.4, -0.2) is 23.8 Å². The number of methoxy groups -OCH3 is 1. The van der Waals surface area contributed by atoms with E-state index in [1.165, 1.54) is 4.90 Å². The lowest BCUT2D eigenvalue weighted by atomic mass is 10.1. The Balaban J connectivity index is 1.93. The number of ether oxygens (including phenoxy) is 1. The minimum absolute atomic E-state index is 0.131. The third-order valence-electron chi connectivity index (χ3n) is 4.24. The number of hydrogen-bond donors (Lipinski definition) is 0. The minimum atomic E-state index is -0.131. The van der Waals surface area contributed by atoms with Gasteiger partial charge in [0.05, 0.1) is 23.7 Å². The molecule has 0 aliphatic carbocycles. The van der Waals surface area contributed by atoms with E-state index in [1.807, 2.05) is 25.1 Å². The molecular weight excluding hydrogens is 364 g/mol. The van der Waals surface area contributed by atoms with Crippen molar-refractivity contribution in [1.82, 2.24) is 4.57 Å². The number of hydrogen-bond acceptors (Lipinski definition) is 4. The SMILES string of the molecule is CCn1c(=NC(=O)Cc2ccc(OC)c(C)c2)sc2cc(SC)ccc21. The highest BCUT2D eigenvalue weighted by Crippen LogP contribution is 2.24. The van der Waals surface area contributed by atoms with E-state index in [0.29, 0.717) is 6.42 Å². The number of benzene rings is 2. The van der Waals surface area contributed by atoms with Gasteiger partial charge >= 0.3 is 0 Å². The lowest BCUT2D eigenvalue weighted by molar-refractivity contribution is -0.117. The Bertz CT molecular complexity index is 1020. The number of thioether (sulfide) groups is 1. The van der Waals surface area contributed by atoms with E-state index >= 15 is 0 Å². The zero-order valence-electron chi connectivity index (χ0n) is 15.4. The molecule has 0 N–H and O–H groups in total. The molecule has 0 spiro atoms. The molecule has 3 rings (SSSR count). The number of carbonyl (C=O) groups excluding carboxylic acids is 1. The number of nitrogens with zero attached hydrogens (tertiary/aromatic N) is 2. The highest BCUT2D eigenvalue weighted by molar-refractivity contribution is 7.98. The van der Waals surface area contributed by atoms with Gasteiger partial charge in [-0.25, -0.2) is 0 Å². The molecule has 1 amide bonds. The first-order valence-corrected chi connectivity index (χ1v) is 10.5. The molecule has 0 saturated carbocycles. The number of fused-ring (bicyclic) bond motifs is 1. The van der Waals surface area contributed by atoms with Gasteiger partial charge in [-0.2, -0.15) is 4.99 Å². The van der Waals surface area contributed by atoms with Crippen LogP contribution in [-0.2, 0) is 17.8 Å². The molecule has 0 aliphatic rings. The lowest BCUT2D eigenvalue weighted by Gasteiger charge is -2.06. The summed E-state index contributed by atoms with van der Waals surface area (Å²) in [5.74, 6) is 0.699. The van der Waals surface area contributed by atoms with Crippen molar-refractivity contribution in [3.63, 3.8) is 0 Å². The molecule has 6 heteroatoms. The summed E-state index contributed by atoms with van der Waals surface area (Å²) in [5, 5.41) is 0. The summed E-state index contributed by atoms with van der Waals surface area (Å²) >= 11 is 3.28. The van der Waals surface area contributed by atoms with E-state index in [4.69, 9.17) is 4.74 Å². The Hall–Kier alpha value is -2.05. The number of carbonyl (C=O) groups is 1. The average molecular weight is 387 g/mol. The largest absolute Gasteiger partial charge is 0.496 e. The second-order valence-corrected chi connectivity index (χ2v) is 7.84. The second kappa shape index (κ2) is 8.10. The van der Waals surface area contributed by atoms with Crippen LogP contribution < -0.4 is 9.54 Å². The van der Waals surface area contributed by atoms with E-state index in [9.17, 15) is 4.79 Å². The van der Waals surface area contributed by atoms with Crippen LogP contribution in [0.2, 0.25) is 0 Å². The molecule has 136 valence electrons. The molecule has 4 nitrogen and oxygen atoms in total. The molecule has 1 heterocycles. The van der Waals surface area contributed by atoms with E-state index in [2.05, 4.69) is 40.9 Å². The molecule has 3 aromatic rings. The predicted molar refractivity (Wildman–Crippen MR) is 109 cm³/mol. The Morgan fingerprint density at radius 2 is 2.08 bits per heavy atom. The fourth-order valence-electron chi connectivity index (χ4n) is 2.94. The van der Waals surface area contributed by atoms with Gasteiger partial charge < -0.3 is 9.30 Å². The molecule has 0 radical (unpaired) electrons. The summed E-state index contributed by atoms with van der Waals surface area (Å²) in [5.41, 5.74) is 3.10. The molecule has 0 unspecified atom stereocenters. The van der Waals surface area contributed by atoms with Gasteiger partial charge in [0.15, 0.2) is 4.80 Å². The smallest absolute Gasteiger partial charge is 0.252 e. The first-order valence-electron chi connectivity index (χ1n) is 8.44.